The quantitative estimate of drug-likeness (QED) is 0.713. The zero-order valence-electron chi connectivity index (χ0n) is 8.68. The van der Waals surface area contributed by atoms with E-state index in [0.717, 1.165) is 10.8 Å². The second-order valence-corrected chi connectivity index (χ2v) is 3.31. The molecule has 15 heavy (non-hydrogen) atoms. The highest BCUT2D eigenvalue weighted by Gasteiger charge is 2.11. The standard InChI is InChI=1S/C9H13N5O/c1-3-13(15)8-4-6(2)12-9-7(10)5-11-14(8)9/h4-5,15H,3,10H2,1-2H3. The second-order valence-electron chi connectivity index (χ2n) is 3.31. The fourth-order valence-electron chi connectivity index (χ4n) is 1.43. The van der Waals surface area contributed by atoms with E-state index in [-0.39, 0.29) is 0 Å². The Morgan fingerprint density at radius 1 is 1.60 bits per heavy atom. The second kappa shape index (κ2) is 3.39. The zero-order chi connectivity index (χ0) is 11.0. The number of fused-ring (bicyclic) bond motifs is 1. The summed E-state index contributed by atoms with van der Waals surface area (Å²) in [6, 6.07) is 1.75. The van der Waals surface area contributed by atoms with E-state index < -0.39 is 0 Å². The molecule has 0 unspecified atom stereocenters. The molecular formula is C9H13N5O. The lowest BCUT2D eigenvalue weighted by atomic mass is 10.4. The van der Waals surface area contributed by atoms with Crippen molar-refractivity contribution < 1.29 is 5.21 Å². The number of hydroxylamine groups is 1. The van der Waals surface area contributed by atoms with Crippen molar-refractivity contribution in [1.82, 2.24) is 14.6 Å². The first-order valence-corrected chi connectivity index (χ1v) is 4.70. The topological polar surface area (TPSA) is 79.7 Å². The Labute approximate surface area is 86.9 Å². The van der Waals surface area contributed by atoms with Crippen LogP contribution in [-0.4, -0.2) is 26.4 Å². The van der Waals surface area contributed by atoms with Gasteiger partial charge in [-0.1, -0.05) is 0 Å². The van der Waals surface area contributed by atoms with Crippen molar-refractivity contribution in [3.05, 3.63) is 18.0 Å². The smallest absolute Gasteiger partial charge is 0.180 e. The van der Waals surface area contributed by atoms with Crippen LogP contribution in [-0.2, 0) is 0 Å². The Kier molecular flexibility index (Phi) is 2.20. The summed E-state index contributed by atoms with van der Waals surface area (Å²) in [4.78, 5) is 4.25. The lowest BCUT2D eigenvalue weighted by Crippen LogP contribution is -2.20. The highest BCUT2D eigenvalue weighted by Crippen LogP contribution is 2.19. The van der Waals surface area contributed by atoms with Crippen molar-refractivity contribution in [2.75, 3.05) is 17.3 Å². The van der Waals surface area contributed by atoms with Gasteiger partial charge in [0.05, 0.1) is 11.9 Å². The minimum atomic E-state index is 0.471. The molecule has 0 radical (unpaired) electrons. The molecule has 80 valence electrons. The molecule has 0 spiro atoms. The molecule has 2 rings (SSSR count). The average Bonchev–Trinajstić information content (AvgIpc) is 2.58. The summed E-state index contributed by atoms with van der Waals surface area (Å²) < 4.78 is 1.52. The van der Waals surface area contributed by atoms with Gasteiger partial charge in [0.15, 0.2) is 11.5 Å². The van der Waals surface area contributed by atoms with Crippen molar-refractivity contribution in [2.45, 2.75) is 13.8 Å². The average molecular weight is 207 g/mol. The van der Waals surface area contributed by atoms with E-state index in [1.165, 1.54) is 10.7 Å². The maximum atomic E-state index is 9.66. The Bertz CT molecular complexity index is 492. The molecule has 0 bridgehead atoms. The van der Waals surface area contributed by atoms with E-state index in [1.54, 1.807) is 6.07 Å². The van der Waals surface area contributed by atoms with E-state index in [4.69, 9.17) is 5.73 Å². The van der Waals surface area contributed by atoms with E-state index in [2.05, 4.69) is 10.1 Å². The van der Waals surface area contributed by atoms with Crippen molar-refractivity contribution in [2.24, 2.45) is 0 Å². The minimum absolute atomic E-state index is 0.471. The zero-order valence-corrected chi connectivity index (χ0v) is 8.68. The number of hydrogen-bond acceptors (Lipinski definition) is 5. The van der Waals surface area contributed by atoms with Crippen molar-refractivity contribution in [1.29, 1.82) is 0 Å². The lowest BCUT2D eigenvalue weighted by Gasteiger charge is -2.15. The van der Waals surface area contributed by atoms with Crippen LogP contribution in [0.2, 0.25) is 0 Å². The number of nitrogens with zero attached hydrogens (tertiary/aromatic N) is 4. The van der Waals surface area contributed by atoms with Crippen LogP contribution < -0.4 is 10.8 Å². The van der Waals surface area contributed by atoms with Gasteiger partial charge in [0.25, 0.3) is 0 Å². The summed E-state index contributed by atoms with van der Waals surface area (Å²) >= 11 is 0. The molecule has 2 aromatic heterocycles. The third-order valence-electron chi connectivity index (χ3n) is 2.17. The van der Waals surface area contributed by atoms with E-state index in [9.17, 15) is 5.21 Å². The minimum Gasteiger partial charge on any atom is -0.394 e. The van der Waals surface area contributed by atoms with Gasteiger partial charge in [0.2, 0.25) is 0 Å². The van der Waals surface area contributed by atoms with Crippen LogP contribution in [0.15, 0.2) is 12.3 Å². The summed E-state index contributed by atoms with van der Waals surface area (Å²) in [7, 11) is 0. The molecule has 0 aliphatic carbocycles. The first-order valence-electron chi connectivity index (χ1n) is 4.70. The highest BCUT2D eigenvalue weighted by molar-refractivity contribution is 5.66. The van der Waals surface area contributed by atoms with Crippen molar-refractivity contribution in [3.63, 3.8) is 0 Å². The third kappa shape index (κ3) is 1.48. The largest absolute Gasteiger partial charge is 0.394 e. The van der Waals surface area contributed by atoms with Crippen LogP contribution >= 0.6 is 0 Å². The normalized spacial score (nSPS) is 10.9. The van der Waals surface area contributed by atoms with Gasteiger partial charge in [-0.05, 0) is 13.8 Å². The Hall–Kier alpha value is -1.82. The maximum Gasteiger partial charge on any atom is 0.180 e. The summed E-state index contributed by atoms with van der Waals surface area (Å²) in [6.07, 6.45) is 1.52. The van der Waals surface area contributed by atoms with Crippen LogP contribution in [0.25, 0.3) is 5.65 Å². The van der Waals surface area contributed by atoms with Crippen LogP contribution in [0.3, 0.4) is 0 Å². The molecule has 3 N–H and O–H groups in total. The van der Waals surface area contributed by atoms with Gasteiger partial charge in [0, 0.05) is 18.3 Å². The van der Waals surface area contributed by atoms with Gasteiger partial charge in [-0.3, -0.25) is 5.21 Å². The molecule has 2 aromatic rings. The highest BCUT2D eigenvalue weighted by atomic mass is 16.5. The third-order valence-corrected chi connectivity index (χ3v) is 2.17. The van der Waals surface area contributed by atoms with Crippen molar-refractivity contribution in [3.8, 4) is 0 Å². The van der Waals surface area contributed by atoms with Crippen LogP contribution in [0.5, 0.6) is 0 Å². The predicted octanol–water partition coefficient (Wildman–Crippen LogP) is 0.835. The fourth-order valence-corrected chi connectivity index (χ4v) is 1.43. The Morgan fingerprint density at radius 2 is 2.33 bits per heavy atom. The molecule has 0 fully saturated rings. The molecule has 0 saturated carbocycles. The molecule has 2 heterocycles. The van der Waals surface area contributed by atoms with Gasteiger partial charge in [-0.15, -0.1) is 0 Å². The molecule has 0 amide bonds. The molecule has 0 aromatic carbocycles. The number of rotatable bonds is 2. The SMILES string of the molecule is CCN(O)c1cc(C)nc2c(N)cnn12. The monoisotopic (exact) mass is 207 g/mol. The molecule has 0 aliphatic heterocycles. The number of nitrogen functional groups attached to an aromatic ring is 1. The Balaban J connectivity index is 2.72. The number of aryl methyl sites for hydroxylation is 1. The number of aromatic nitrogens is 3. The number of nitrogens with two attached hydrogens (primary N) is 1. The lowest BCUT2D eigenvalue weighted by molar-refractivity contribution is 0.254. The summed E-state index contributed by atoms with van der Waals surface area (Å²) in [5, 5.41) is 14.8. The molecule has 0 aliphatic rings. The molecule has 0 atom stereocenters. The van der Waals surface area contributed by atoms with Crippen LogP contribution in [0.4, 0.5) is 11.5 Å². The summed E-state index contributed by atoms with van der Waals surface area (Å²) in [5.74, 6) is 0.566. The molecule has 0 saturated heterocycles. The van der Waals surface area contributed by atoms with Crippen LogP contribution in [0, 0.1) is 6.92 Å². The molecular weight excluding hydrogens is 194 g/mol. The van der Waals surface area contributed by atoms with Crippen molar-refractivity contribution >= 4 is 17.2 Å². The van der Waals surface area contributed by atoms with Gasteiger partial charge in [0.1, 0.15) is 0 Å². The predicted molar refractivity (Wildman–Crippen MR) is 56.9 cm³/mol. The van der Waals surface area contributed by atoms with Gasteiger partial charge in [-0.25, -0.2) is 10.0 Å². The first-order chi connectivity index (χ1) is 7.13. The summed E-state index contributed by atoms with van der Waals surface area (Å²) in [6.45, 7) is 4.16. The Morgan fingerprint density at radius 3 is 3.00 bits per heavy atom. The maximum absolute atomic E-state index is 9.66. The number of anilines is 2. The van der Waals surface area contributed by atoms with Gasteiger partial charge < -0.3 is 5.73 Å². The van der Waals surface area contributed by atoms with Gasteiger partial charge >= 0.3 is 0 Å². The van der Waals surface area contributed by atoms with Crippen LogP contribution in [0.1, 0.15) is 12.6 Å². The van der Waals surface area contributed by atoms with E-state index in [1.807, 2.05) is 13.8 Å². The molecule has 6 nitrogen and oxygen atoms in total. The van der Waals surface area contributed by atoms with E-state index in [0.29, 0.717) is 23.7 Å². The first kappa shape index (κ1) is 9.72. The summed E-state index contributed by atoms with van der Waals surface area (Å²) in [5.41, 5.74) is 7.57. The number of hydrogen-bond donors (Lipinski definition) is 2. The molecule has 6 heteroatoms. The van der Waals surface area contributed by atoms with E-state index >= 15 is 0 Å². The fraction of sp³-hybridized carbons (Fsp3) is 0.333. The van der Waals surface area contributed by atoms with Gasteiger partial charge in [-0.2, -0.15) is 9.61 Å².